The highest BCUT2D eigenvalue weighted by Gasteiger charge is 2.32. The summed E-state index contributed by atoms with van der Waals surface area (Å²) < 4.78 is 4.49. The van der Waals surface area contributed by atoms with Crippen molar-refractivity contribution in [1.82, 2.24) is 0 Å². The number of rotatable bonds is 6. The Balaban J connectivity index is 3.12. The minimum Gasteiger partial charge on any atom is -0.469 e. The summed E-state index contributed by atoms with van der Waals surface area (Å²) in [5, 5.41) is 5.56. The van der Waals surface area contributed by atoms with E-state index in [1.165, 1.54) is 0 Å². The zero-order valence-corrected chi connectivity index (χ0v) is 9.46. The van der Waals surface area contributed by atoms with Crippen LogP contribution in [0.2, 0.25) is 0 Å². The van der Waals surface area contributed by atoms with Crippen LogP contribution < -0.4 is 0 Å². The number of hydrogen-bond acceptors (Lipinski definition) is 6. The molecule has 0 spiro atoms. The summed E-state index contributed by atoms with van der Waals surface area (Å²) in [6.07, 6.45) is -1.12. The van der Waals surface area contributed by atoms with Crippen molar-refractivity contribution in [3.05, 3.63) is 51.2 Å². The predicted octanol–water partition coefficient (Wildman–Crippen LogP) is 2.28. The Morgan fingerprint density at radius 1 is 1.39 bits per heavy atom. The van der Waals surface area contributed by atoms with Crippen LogP contribution in [-0.2, 0) is 14.4 Å². The lowest BCUT2D eigenvalue weighted by Gasteiger charge is -2.18. The molecule has 0 unspecified atom stereocenters. The minimum absolute atomic E-state index is 0.472. The van der Waals surface area contributed by atoms with Crippen LogP contribution in [0.15, 0.2) is 40.8 Å². The molecule has 0 amide bonds. The van der Waals surface area contributed by atoms with Crippen molar-refractivity contribution in [3.63, 3.8) is 0 Å². The predicted molar refractivity (Wildman–Crippen MR) is 61.0 cm³/mol. The van der Waals surface area contributed by atoms with Gasteiger partial charge in [0.25, 0.3) is 0 Å². The smallest absolute Gasteiger partial charge is 0.318 e. The number of nitrogens with zero attached hydrogens (tertiary/aromatic N) is 4. The largest absolute Gasteiger partial charge is 0.469 e. The molecule has 0 N–H and O–H groups in total. The molecule has 2 atom stereocenters. The van der Waals surface area contributed by atoms with Crippen LogP contribution in [0.25, 0.3) is 10.4 Å². The van der Waals surface area contributed by atoms with E-state index in [2.05, 4.69) is 24.9 Å². The molecular formula is C10H10N4O4. The molecule has 0 fully saturated rings. The number of ether oxygens (including phenoxy) is 1. The first-order valence-corrected chi connectivity index (χ1v) is 4.90. The van der Waals surface area contributed by atoms with E-state index in [-0.39, 0.29) is 0 Å². The highest BCUT2D eigenvalue weighted by atomic mass is 16.7. The Labute approximate surface area is 102 Å². The average Bonchev–Trinajstić information content (AvgIpc) is 2.43. The molecule has 0 aliphatic rings. The van der Waals surface area contributed by atoms with Crippen LogP contribution in [0.5, 0.6) is 0 Å². The maximum absolute atomic E-state index is 11.5. The summed E-state index contributed by atoms with van der Waals surface area (Å²) in [5.41, 5.74) is 8.90. The van der Waals surface area contributed by atoms with E-state index in [1.807, 2.05) is 0 Å². The van der Waals surface area contributed by atoms with E-state index >= 15 is 0 Å². The van der Waals surface area contributed by atoms with Gasteiger partial charge >= 0.3 is 5.97 Å². The lowest BCUT2D eigenvalue weighted by molar-refractivity contribution is -0.146. The molecule has 8 heteroatoms. The van der Waals surface area contributed by atoms with Crippen molar-refractivity contribution in [2.45, 2.75) is 12.1 Å². The number of carbonyl (C=O) groups excluding carboxylic acids is 1. The van der Waals surface area contributed by atoms with Gasteiger partial charge in [0.2, 0.25) is 0 Å². The maximum Gasteiger partial charge on any atom is 0.318 e. The summed E-state index contributed by atoms with van der Waals surface area (Å²) in [4.78, 5) is 28.8. The van der Waals surface area contributed by atoms with Crippen molar-refractivity contribution >= 4 is 5.97 Å². The van der Waals surface area contributed by atoms with Gasteiger partial charge in [-0.25, -0.2) is 0 Å². The van der Waals surface area contributed by atoms with Gasteiger partial charge in [-0.1, -0.05) is 35.4 Å². The van der Waals surface area contributed by atoms with Gasteiger partial charge in [0.05, 0.1) is 7.11 Å². The molecule has 94 valence electrons. The maximum atomic E-state index is 11.5. The average molecular weight is 250 g/mol. The Morgan fingerprint density at radius 3 is 2.56 bits per heavy atom. The van der Waals surface area contributed by atoms with E-state index in [1.54, 1.807) is 30.3 Å². The number of esters is 1. The van der Waals surface area contributed by atoms with Crippen molar-refractivity contribution in [2.75, 3.05) is 7.11 Å². The highest BCUT2D eigenvalue weighted by molar-refractivity contribution is 5.77. The van der Waals surface area contributed by atoms with Crippen molar-refractivity contribution in [2.24, 2.45) is 10.5 Å². The minimum atomic E-state index is -1.32. The molecule has 1 rings (SSSR count). The van der Waals surface area contributed by atoms with Crippen LogP contribution in [0.4, 0.5) is 0 Å². The molecule has 1 aromatic rings. The number of carbonyl (C=O) groups is 1. The second-order valence-electron chi connectivity index (χ2n) is 3.18. The molecule has 0 saturated carbocycles. The molecular weight excluding hydrogens is 240 g/mol. The van der Waals surface area contributed by atoms with Crippen molar-refractivity contribution < 1.29 is 14.4 Å². The normalized spacial score (nSPS) is 12.7. The summed E-state index contributed by atoms with van der Waals surface area (Å²) in [5.74, 6) is -0.815. The Kier molecular flexibility index (Phi) is 5.14. The second-order valence-corrected chi connectivity index (χ2v) is 3.18. The third kappa shape index (κ3) is 3.19. The summed E-state index contributed by atoms with van der Waals surface area (Å²) in [6, 6.07) is 7.01. The van der Waals surface area contributed by atoms with Gasteiger partial charge in [-0.3, -0.25) is 4.79 Å². The molecule has 0 aliphatic heterocycles. The fraction of sp³-hybridized carbons (Fsp3) is 0.300. The molecule has 0 saturated heterocycles. The molecule has 0 aromatic heterocycles. The molecule has 18 heavy (non-hydrogen) atoms. The first kappa shape index (κ1) is 13.5. The van der Waals surface area contributed by atoms with Gasteiger partial charge in [-0.15, -0.1) is 4.91 Å². The van der Waals surface area contributed by atoms with E-state index in [0.717, 1.165) is 7.11 Å². The second kappa shape index (κ2) is 6.87. The van der Waals surface area contributed by atoms with Gasteiger partial charge in [0, 0.05) is 4.91 Å². The van der Waals surface area contributed by atoms with Gasteiger partial charge in [0.15, 0.2) is 17.5 Å². The van der Waals surface area contributed by atoms with E-state index in [9.17, 15) is 9.70 Å². The molecule has 0 heterocycles. The van der Waals surface area contributed by atoms with Crippen molar-refractivity contribution in [3.8, 4) is 0 Å². The molecule has 0 aliphatic carbocycles. The fourth-order valence-corrected chi connectivity index (χ4v) is 1.40. The van der Waals surface area contributed by atoms with E-state index < -0.39 is 18.1 Å². The lowest BCUT2D eigenvalue weighted by atomic mass is 10.0. The van der Waals surface area contributed by atoms with Crippen molar-refractivity contribution in [1.29, 1.82) is 0 Å². The molecule has 0 radical (unpaired) electrons. The SMILES string of the molecule is COC(=O)[C@@H](N=[N+]=[N-])[C@H](ON=O)c1ccccc1. The van der Waals surface area contributed by atoms with Gasteiger partial charge in [0.1, 0.15) is 0 Å². The highest BCUT2D eigenvalue weighted by Crippen LogP contribution is 2.25. The van der Waals surface area contributed by atoms with Crippen LogP contribution in [0, 0.1) is 4.91 Å². The Hall–Kier alpha value is -2.60. The Bertz CT molecular complexity index is 458. The summed E-state index contributed by atoms with van der Waals surface area (Å²) in [6.45, 7) is 0. The van der Waals surface area contributed by atoms with Gasteiger partial charge < -0.3 is 9.57 Å². The number of methoxy groups -OCH3 is 1. The van der Waals surface area contributed by atoms with E-state index in [4.69, 9.17) is 5.53 Å². The van der Waals surface area contributed by atoms with Crippen LogP contribution in [0.1, 0.15) is 11.7 Å². The number of azide groups is 1. The summed E-state index contributed by atoms with van der Waals surface area (Å²) in [7, 11) is 1.14. The van der Waals surface area contributed by atoms with Crippen LogP contribution in [-0.4, -0.2) is 19.1 Å². The molecule has 1 aromatic carbocycles. The lowest BCUT2D eigenvalue weighted by Crippen LogP contribution is -2.28. The third-order valence-corrected chi connectivity index (χ3v) is 2.19. The number of hydrogen-bond donors (Lipinski definition) is 0. The topological polar surface area (TPSA) is 114 Å². The number of benzene rings is 1. The zero-order chi connectivity index (χ0) is 13.4. The third-order valence-electron chi connectivity index (χ3n) is 2.19. The molecule has 0 bridgehead atoms. The van der Waals surface area contributed by atoms with Crippen LogP contribution in [0.3, 0.4) is 0 Å². The van der Waals surface area contributed by atoms with E-state index in [0.29, 0.717) is 5.56 Å². The van der Waals surface area contributed by atoms with Crippen LogP contribution >= 0.6 is 0 Å². The van der Waals surface area contributed by atoms with Gasteiger partial charge in [-0.05, 0) is 11.1 Å². The zero-order valence-electron chi connectivity index (χ0n) is 9.46. The Morgan fingerprint density at radius 2 is 2.06 bits per heavy atom. The molecule has 8 nitrogen and oxygen atoms in total. The fourth-order valence-electron chi connectivity index (χ4n) is 1.40. The first-order chi connectivity index (χ1) is 8.74. The standard InChI is InChI=1S/C10H10N4O4/c1-17-10(15)8(12-13-11)9(18-14-16)7-5-3-2-4-6-7/h2-6,8-9H,1H3/t8-,9+/m0/s1. The summed E-state index contributed by atoms with van der Waals surface area (Å²) >= 11 is 0. The first-order valence-electron chi connectivity index (χ1n) is 4.90. The quantitative estimate of drug-likeness (QED) is 0.192. The monoisotopic (exact) mass is 250 g/mol. The van der Waals surface area contributed by atoms with Gasteiger partial charge in [-0.2, -0.15) is 0 Å².